The SMILES string of the molecule is CCOC(=O)c1ccc(NC(=O)C2NC(=O)COc3c(CC)cccc32)cc1. The molecule has 0 saturated carbocycles. The van der Waals surface area contributed by atoms with Gasteiger partial charge in [0.25, 0.3) is 11.8 Å². The number of nitrogens with one attached hydrogen (secondary N) is 2. The van der Waals surface area contributed by atoms with Crippen LogP contribution in [0, 0.1) is 0 Å². The molecule has 1 aliphatic heterocycles. The van der Waals surface area contributed by atoms with Crippen LogP contribution in [0.15, 0.2) is 42.5 Å². The Morgan fingerprint density at radius 2 is 1.93 bits per heavy atom. The number of rotatable bonds is 5. The molecule has 0 saturated heterocycles. The van der Waals surface area contributed by atoms with Gasteiger partial charge in [-0.25, -0.2) is 4.79 Å². The van der Waals surface area contributed by atoms with Gasteiger partial charge >= 0.3 is 5.97 Å². The molecule has 7 heteroatoms. The number of para-hydroxylation sites is 1. The van der Waals surface area contributed by atoms with Gasteiger partial charge in [0.1, 0.15) is 11.8 Å². The lowest BCUT2D eigenvalue weighted by atomic mass is 10.00. The summed E-state index contributed by atoms with van der Waals surface area (Å²) >= 11 is 0. The van der Waals surface area contributed by atoms with Crippen LogP contribution in [0.4, 0.5) is 5.69 Å². The maximum Gasteiger partial charge on any atom is 0.338 e. The summed E-state index contributed by atoms with van der Waals surface area (Å²) in [4.78, 5) is 36.6. The number of amides is 2. The Balaban J connectivity index is 1.82. The Labute approximate surface area is 163 Å². The zero-order chi connectivity index (χ0) is 20.1. The molecule has 0 radical (unpaired) electrons. The van der Waals surface area contributed by atoms with Crippen molar-refractivity contribution in [2.45, 2.75) is 26.3 Å². The lowest BCUT2D eigenvalue weighted by Crippen LogP contribution is -2.37. The number of hydrogen-bond acceptors (Lipinski definition) is 5. The fourth-order valence-corrected chi connectivity index (χ4v) is 3.03. The van der Waals surface area contributed by atoms with Gasteiger partial charge in [-0.15, -0.1) is 0 Å². The van der Waals surface area contributed by atoms with Crippen LogP contribution in [-0.4, -0.2) is 31.0 Å². The summed E-state index contributed by atoms with van der Waals surface area (Å²) in [6.45, 7) is 3.88. The number of fused-ring (bicyclic) bond motifs is 1. The van der Waals surface area contributed by atoms with E-state index in [-0.39, 0.29) is 12.5 Å². The first-order valence-corrected chi connectivity index (χ1v) is 9.15. The number of carbonyl (C=O) groups excluding carboxylic acids is 3. The summed E-state index contributed by atoms with van der Waals surface area (Å²) in [7, 11) is 0. The Morgan fingerprint density at radius 3 is 2.61 bits per heavy atom. The molecule has 28 heavy (non-hydrogen) atoms. The van der Waals surface area contributed by atoms with E-state index in [9.17, 15) is 14.4 Å². The molecule has 1 atom stereocenters. The van der Waals surface area contributed by atoms with E-state index < -0.39 is 17.9 Å². The van der Waals surface area contributed by atoms with Crippen LogP contribution in [0.25, 0.3) is 0 Å². The molecule has 146 valence electrons. The van der Waals surface area contributed by atoms with E-state index in [0.29, 0.717) is 29.2 Å². The minimum atomic E-state index is -0.874. The van der Waals surface area contributed by atoms with Gasteiger partial charge in [-0.3, -0.25) is 9.59 Å². The van der Waals surface area contributed by atoms with Crippen molar-refractivity contribution in [2.75, 3.05) is 18.5 Å². The lowest BCUT2D eigenvalue weighted by molar-refractivity contribution is -0.127. The second-order valence-electron chi connectivity index (χ2n) is 6.27. The fraction of sp³-hybridized carbons (Fsp3) is 0.286. The molecular formula is C21H22N2O5. The maximum atomic E-state index is 12.9. The smallest absolute Gasteiger partial charge is 0.338 e. The molecule has 2 amide bonds. The first-order valence-electron chi connectivity index (χ1n) is 9.15. The quantitative estimate of drug-likeness (QED) is 0.776. The fourth-order valence-electron chi connectivity index (χ4n) is 3.03. The number of carbonyl (C=O) groups is 3. The van der Waals surface area contributed by atoms with Gasteiger partial charge in [0, 0.05) is 11.3 Å². The second kappa shape index (κ2) is 8.56. The van der Waals surface area contributed by atoms with Gasteiger partial charge in [-0.1, -0.05) is 25.1 Å². The van der Waals surface area contributed by atoms with Crippen molar-refractivity contribution in [1.82, 2.24) is 5.32 Å². The summed E-state index contributed by atoms with van der Waals surface area (Å²) in [5, 5.41) is 5.48. The number of ether oxygens (including phenoxy) is 2. The van der Waals surface area contributed by atoms with E-state index in [1.165, 1.54) is 0 Å². The van der Waals surface area contributed by atoms with E-state index in [1.807, 2.05) is 19.1 Å². The predicted octanol–water partition coefficient (Wildman–Crippen LogP) is 2.61. The minimum absolute atomic E-state index is 0.137. The van der Waals surface area contributed by atoms with Crippen LogP contribution in [0.5, 0.6) is 5.75 Å². The average molecular weight is 382 g/mol. The third-order valence-electron chi connectivity index (χ3n) is 4.40. The summed E-state index contributed by atoms with van der Waals surface area (Å²) in [6.07, 6.45) is 0.723. The van der Waals surface area contributed by atoms with Gasteiger partial charge < -0.3 is 20.1 Å². The van der Waals surface area contributed by atoms with E-state index in [1.54, 1.807) is 37.3 Å². The highest BCUT2D eigenvalue weighted by molar-refractivity contribution is 5.99. The van der Waals surface area contributed by atoms with Crippen molar-refractivity contribution >= 4 is 23.5 Å². The van der Waals surface area contributed by atoms with E-state index in [2.05, 4.69) is 10.6 Å². The molecule has 1 heterocycles. The van der Waals surface area contributed by atoms with Gasteiger partial charge in [0.05, 0.1) is 12.2 Å². The number of benzene rings is 2. The molecule has 0 aliphatic carbocycles. The van der Waals surface area contributed by atoms with Crippen LogP contribution < -0.4 is 15.4 Å². The van der Waals surface area contributed by atoms with Crippen molar-refractivity contribution in [1.29, 1.82) is 0 Å². The normalized spacial score (nSPS) is 15.5. The van der Waals surface area contributed by atoms with Crippen LogP contribution in [-0.2, 0) is 20.7 Å². The number of esters is 1. The van der Waals surface area contributed by atoms with Gasteiger partial charge in [0.15, 0.2) is 6.61 Å². The topological polar surface area (TPSA) is 93.7 Å². The molecule has 1 unspecified atom stereocenters. The van der Waals surface area contributed by atoms with Crippen molar-refractivity contribution < 1.29 is 23.9 Å². The average Bonchev–Trinajstić information content (AvgIpc) is 2.87. The highest BCUT2D eigenvalue weighted by Gasteiger charge is 2.30. The van der Waals surface area contributed by atoms with Crippen molar-refractivity contribution in [3.63, 3.8) is 0 Å². The molecule has 2 aromatic rings. The Hall–Kier alpha value is -3.35. The monoisotopic (exact) mass is 382 g/mol. The number of anilines is 1. The Kier molecular flexibility index (Phi) is 5.93. The lowest BCUT2D eigenvalue weighted by Gasteiger charge is -2.18. The highest BCUT2D eigenvalue weighted by atomic mass is 16.5. The van der Waals surface area contributed by atoms with E-state index in [4.69, 9.17) is 9.47 Å². The molecule has 0 bridgehead atoms. The van der Waals surface area contributed by atoms with Crippen LogP contribution in [0.2, 0.25) is 0 Å². The Morgan fingerprint density at radius 1 is 1.18 bits per heavy atom. The summed E-state index contributed by atoms with van der Waals surface area (Å²) < 4.78 is 10.6. The van der Waals surface area contributed by atoms with E-state index >= 15 is 0 Å². The standard InChI is InChI=1S/C21H22N2O5/c1-3-13-6-5-7-16-18(23-17(24)12-28-19(13)16)20(25)22-15-10-8-14(9-11-15)21(26)27-4-2/h5-11,18H,3-4,12H2,1-2H3,(H,22,25)(H,23,24). The summed E-state index contributed by atoms with van der Waals surface area (Å²) in [6, 6.07) is 11.0. The molecule has 0 aromatic heterocycles. The summed E-state index contributed by atoms with van der Waals surface area (Å²) in [5.41, 5.74) is 2.45. The number of aryl methyl sites for hydroxylation is 1. The van der Waals surface area contributed by atoms with Gasteiger partial charge in [-0.05, 0) is 43.2 Å². The summed E-state index contributed by atoms with van der Waals surface area (Å²) in [5.74, 6) is -0.607. The van der Waals surface area contributed by atoms with Crippen molar-refractivity contribution in [3.05, 3.63) is 59.2 Å². The van der Waals surface area contributed by atoms with Crippen LogP contribution >= 0.6 is 0 Å². The molecule has 0 fully saturated rings. The molecule has 7 nitrogen and oxygen atoms in total. The zero-order valence-corrected chi connectivity index (χ0v) is 15.8. The molecule has 0 spiro atoms. The van der Waals surface area contributed by atoms with Crippen LogP contribution in [0.1, 0.15) is 41.4 Å². The van der Waals surface area contributed by atoms with Crippen LogP contribution in [0.3, 0.4) is 0 Å². The molecular weight excluding hydrogens is 360 g/mol. The Bertz CT molecular complexity index is 892. The van der Waals surface area contributed by atoms with Crippen molar-refractivity contribution in [2.24, 2.45) is 0 Å². The molecule has 3 rings (SSSR count). The molecule has 1 aliphatic rings. The van der Waals surface area contributed by atoms with Gasteiger partial charge in [-0.2, -0.15) is 0 Å². The zero-order valence-electron chi connectivity index (χ0n) is 15.8. The second-order valence-corrected chi connectivity index (χ2v) is 6.27. The molecule has 2 N–H and O–H groups in total. The first kappa shape index (κ1) is 19.4. The predicted molar refractivity (Wildman–Crippen MR) is 103 cm³/mol. The molecule has 2 aromatic carbocycles. The van der Waals surface area contributed by atoms with Crippen molar-refractivity contribution in [3.8, 4) is 5.75 Å². The maximum absolute atomic E-state index is 12.9. The first-order chi connectivity index (χ1) is 13.5. The minimum Gasteiger partial charge on any atom is -0.483 e. The number of hydrogen-bond donors (Lipinski definition) is 2. The third kappa shape index (κ3) is 4.14. The highest BCUT2D eigenvalue weighted by Crippen LogP contribution is 2.32. The third-order valence-corrected chi connectivity index (χ3v) is 4.40. The van der Waals surface area contributed by atoms with E-state index in [0.717, 1.165) is 12.0 Å². The van der Waals surface area contributed by atoms with Gasteiger partial charge in [0.2, 0.25) is 0 Å². The largest absolute Gasteiger partial charge is 0.483 e.